The minimum atomic E-state index is 1.01. The van der Waals surface area contributed by atoms with Crippen LogP contribution in [-0.2, 0) is 0 Å². The first-order valence-electron chi connectivity index (χ1n) is 5.93. The van der Waals surface area contributed by atoms with E-state index < -0.39 is 0 Å². The van der Waals surface area contributed by atoms with Gasteiger partial charge in [-0.05, 0) is 18.6 Å². The van der Waals surface area contributed by atoms with Crippen LogP contribution in [0.2, 0.25) is 0 Å². The van der Waals surface area contributed by atoms with E-state index in [1.807, 2.05) is 65.0 Å². The van der Waals surface area contributed by atoms with Gasteiger partial charge in [0, 0.05) is 7.05 Å². The van der Waals surface area contributed by atoms with Gasteiger partial charge in [0.05, 0.1) is 5.71 Å². The average Bonchev–Trinajstić information content (AvgIpc) is 2.34. The first kappa shape index (κ1) is 17.0. The number of hydrogen-bond donors (Lipinski definition) is 0. The Kier molecular flexibility index (Phi) is 12.5. The van der Waals surface area contributed by atoms with Crippen LogP contribution in [0.4, 0.5) is 0 Å². The number of nitrogens with zero attached hydrogens (tertiary/aromatic N) is 1. The molecule has 1 aliphatic carbocycles. The predicted octanol–water partition coefficient (Wildman–Crippen LogP) is 4.74. The normalized spacial score (nSPS) is 17.4. The van der Waals surface area contributed by atoms with Crippen molar-refractivity contribution in [1.29, 1.82) is 0 Å². The zero-order chi connectivity index (χ0) is 13.0. The van der Waals surface area contributed by atoms with Crippen molar-refractivity contribution in [2.24, 2.45) is 4.99 Å². The van der Waals surface area contributed by atoms with E-state index in [1.165, 1.54) is 0 Å². The van der Waals surface area contributed by atoms with Crippen molar-refractivity contribution in [1.82, 2.24) is 0 Å². The maximum Gasteiger partial charge on any atom is 0.0643 e. The second-order valence-electron chi connectivity index (χ2n) is 2.77. The Hall–Kier alpha value is -1.37. The van der Waals surface area contributed by atoms with E-state index in [2.05, 4.69) is 11.6 Å². The molecule has 0 radical (unpaired) electrons. The first-order chi connectivity index (χ1) is 7.74. The van der Waals surface area contributed by atoms with Crippen LogP contribution in [0.1, 0.15) is 34.6 Å². The molecule has 1 rings (SSSR count). The lowest BCUT2D eigenvalue weighted by Crippen LogP contribution is -1.99. The summed E-state index contributed by atoms with van der Waals surface area (Å²) in [5, 5.41) is 0. The molecular formula is C15H25N. The van der Waals surface area contributed by atoms with E-state index in [-0.39, 0.29) is 0 Å². The van der Waals surface area contributed by atoms with Gasteiger partial charge in [0.25, 0.3) is 0 Å². The molecular weight excluding hydrogens is 194 g/mol. The molecule has 1 heteroatoms. The van der Waals surface area contributed by atoms with E-state index in [9.17, 15) is 0 Å². The maximum atomic E-state index is 4.15. The summed E-state index contributed by atoms with van der Waals surface area (Å²) in [5.41, 5.74) is 3.19. The van der Waals surface area contributed by atoms with Crippen molar-refractivity contribution in [3.8, 4) is 0 Å². The molecule has 0 saturated heterocycles. The third kappa shape index (κ3) is 6.99. The zero-order valence-corrected chi connectivity index (χ0v) is 11.5. The molecule has 0 heterocycles. The Balaban J connectivity index is 0. The van der Waals surface area contributed by atoms with Crippen molar-refractivity contribution in [2.45, 2.75) is 34.6 Å². The molecule has 0 spiro atoms. The Morgan fingerprint density at radius 3 is 2.06 bits per heavy atom. The lowest BCUT2D eigenvalue weighted by atomic mass is 10.0. The fourth-order valence-corrected chi connectivity index (χ4v) is 1.08. The van der Waals surface area contributed by atoms with E-state index >= 15 is 0 Å². The summed E-state index contributed by atoms with van der Waals surface area (Å²) < 4.78 is 0. The molecule has 0 amide bonds. The molecule has 0 N–H and O–H groups in total. The van der Waals surface area contributed by atoms with Gasteiger partial charge in [0.1, 0.15) is 0 Å². The molecule has 0 saturated carbocycles. The van der Waals surface area contributed by atoms with Crippen molar-refractivity contribution < 1.29 is 0 Å². The largest absolute Gasteiger partial charge is 0.288 e. The predicted molar refractivity (Wildman–Crippen MR) is 77.2 cm³/mol. The molecule has 16 heavy (non-hydrogen) atoms. The summed E-state index contributed by atoms with van der Waals surface area (Å²) in [6.07, 6.45) is 10.1. The number of allylic oxidation sites excluding steroid dienone is 7. The molecule has 0 fully saturated rings. The van der Waals surface area contributed by atoms with Gasteiger partial charge in [-0.15, -0.1) is 0 Å². The first-order valence-corrected chi connectivity index (χ1v) is 5.93. The molecule has 0 aromatic carbocycles. The van der Waals surface area contributed by atoms with Crippen LogP contribution in [0.5, 0.6) is 0 Å². The Bertz CT molecular complexity index is 301. The van der Waals surface area contributed by atoms with Crippen LogP contribution < -0.4 is 0 Å². The van der Waals surface area contributed by atoms with Crippen molar-refractivity contribution >= 4 is 5.71 Å². The minimum Gasteiger partial charge on any atom is -0.288 e. The van der Waals surface area contributed by atoms with Crippen LogP contribution in [0.15, 0.2) is 53.1 Å². The molecule has 0 aromatic heterocycles. The third-order valence-electron chi connectivity index (χ3n) is 1.58. The van der Waals surface area contributed by atoms with E-state index in [4.69, 9.17) is 0 Å². The molecule has 1 aliphatic rings. The Labute approximate surface area is 101 Å². The standard InChI is InChI=1S/C11H13N.2C2H6/c1-9(2)8-10-6-4-5-7-11(10)12-3;2*1-2/h4-8H,1H2,2-3H3;2*1-2H3/b10-8-,12-11?;;. The van der Waals surface area contributed by atoms with E-state index in [0.29, 0.717) is 0 Å². The third-order valence-corrected chi connectivity index (χ3v) is 1.58. The monoisotopic (exact) mass is 219 g/mol. The van der Waals surface area contributed by atoms with Gasteiger partial charge in [0.2, 0.25) is 0 Å². The number of aliphatic imine (C=N–C) groups is 1. The fourth-order valence-electron chi connectivity index (χ4n) is 1.08. The minimum absolute atomic E-state index is 1.01. The van der Waals surface area contributed by atoms with Crippen LogP contribution in [-0.4, -0.2) is 12.8 Å². The molecule has 1 nitrogen and oxygen atoms in total. The molecule has 0 aliphatic heterocycles. The molecule has 90 valence electrons. The lowest BCUT2D eigenvalue weighted by molar-refractivity contribution is 1.42. The Morgan fingerprint density at radius 1 is 1.12 bits per heavy atom. The highest BCUT2D eigenvalue weighted by Crippen LogP contribution is 2.10. The summed E-state index contributed by atoms with van der Waals surface area (Å²) in [4.78, 5) is 4.15. The van der Waals surface area contributed by atoms with Gasteiger partial charge in [-0.1, -0.05) is 64.2 Å². The van der Waals surface area contributed by atoms with Gasteiger partial charge in [0.15, 0.2) is 0 Å². The van der Waals surface area contributed by atoms with Gasteiger partial charge in [-0.2, -0.15) is 0 Å². The van der Waals surface area contributed by atoms with Gasteiger partial charge >= 0.3 is 0 Å². The zero-order valence-electron chi connectivity index (χ0n) is 11.5. The Morgan fingerprint density at radius 2 is 1.62 bits per heavy atom. The van der Waals surface area contributed by atoms with Crippen molar-refractivity contribution in [2.75, 3.05) is 7.05 Å². The van der Waals surface area contributed by atoms with Crippen LogP contribution >= 0.6 is 0 Å². The molecule has 0 aromatic rings. The van der Waals surface area contributed by atoms with Gasteiger partial charge in [-0.3, -0.25) is 4.99 Å². The highest BCUT2D eigenvalue weighted by molar-refractivity contribution is 6.11. The molecule has 0 unspecified atom stereocenters. The quantitative estimate of drug-likeness (QED) is 0.604. The number of rotatable bonds is 1. The summed E-state index contributed by atoms with van der Waals surface area (Å²) in [6.45, 7) is 13.8. The van der Waals surface area contributed by atoms with E-state index in [0.717, 1.165) is 16.9 Å². The fraction of sp³-hybridized carbons (Fsp3) is 0.400. The topological polar surface area (TPSA) is 12.4 Å². The molecule has 0 bridgehead atoms. The molecule has 0 atom stereocenters. The van der Waals surface area contributed by atoms with E-state index in [1.54, 1.807) is 7.05 Å². The summed E-state index contributed by atoms with van der Waals surface area (Å²) in [6, 6.07) is 0. The van der Waals surface area contributed by atoms with Crippen LogP contribution in [0, 0.1) is 0 Å². The van der Waals surface area contributed by atoms with Crippen molar-refractivity contribution in [3.63, 3.8) is 0 Å². The summed E-state index contributed by atoms with van der Waals surface area (Å²) in [7, 11) is 1.80. The maximum absolute atomic E-state index is 4.15. The van der Waals surface area contributed by atoms with Crippen molar-refractivity contribution in [3.05, 3.63) is 48.1 Å². The average molecular weight is 219 g/mol. The summed E-state index contributed by atoms with van der Waals surface area (Å²) in [5.74, 6) is 0. The SMILES string of the molecule is C=C(C)/C=C1/C=CC=CC1=NC.CC.CC. The van der Waals surface area contributed by atoms with Gasteiger partial charge < -0.3 is 0 Å². The number of hydrogen-bond acceptors (Lipinski definition) is 1. The second kappa shape index (κ2) is 11.7. The van der Waals surface area contributed by atoms with Crippen LogP contribution in [0.25, 0.3) is 0 Å². The summed E-state index contributed by atoms with van der Waals surface area (Å²) >= 11 is 0. The van der Waals surface area contributed by atoms with Crippen LogP contribution in [0.3, 0.4) is 0 Å². The highest BCUT2D eigenvalue weighted by atomic mass is 14.7. The lowest BCUT2D eigenvalue weighted by Gasteiger charge is -2.04. The second-order valence-corrected chi connectivity index (χ2v) is 2.77. The highest BCUT2D eigenvalue weighted by Gasteiger charge is 2.01. The van der Waals surface area contributed by atoms with Gasteiger partial charge in [-0.25, -0.2) is 0 Å². The smallest absolute Gasteiger partial charge is 0.0643 e.